The van der Waals surface area contributed by atoms with Gasteiger partial charge in [-0.05, 0) is 31.9 Å². The first-order chi connectivity index (χ1) is 7.88. The fraction of sp³-hybridized carbons (Fsp3) is 0.692. The zero-order valence-electron chi connectivity index (χ0n) is 10.1. The number of nitrogens with one attached hydrogen (secondary N) is 1. The van der Waals surface area contributed by atoms with Crippen molar-refractivity contribution < 1.29 is 0 Å². The van der Waals surface area contributed by atoms with Crippen LogP contribution in [0.1, 0.15) is 44.1 Å². The molecule has 1 aliphatic heterocycles. The van der Waals surface area contributed by atoms with Crippen LogP contribution in [0.5, 0.6) is 0 Å². The molecule has 0 spiro atoms. The summed E-state index contributed by atoms with van der Waals surface area (Å²) in [4.78, 5) is 8.97. The number of aromatic nitrogens is 2. The first-order valence-electron chi connectivity index (χ1n) is 6.42. The van der Waals surface area contributed by atoms with Gasteiger partial charge in [-0.2, -0.15) is 0 Å². The van der Waals surface area contributed by atoms with Crippen LogP contribution in [0.3, 0.4) is 0 Å². The monoisotopic (exact) mass is 219 g/mol. The molecule has 1 aliphatic rings. The predicted molar refractivity (Wildman–Crippen MR) is 65.4 cm³/mol. The topological polar surface area (TPSA) is 37.8 Å². The standard InChI is InChI=1S/C13H21N3/c1-2-5-11-7-9-15-13(16-11)10-12-6-3-4-8-14-12/h7,9,12,14H,2-6,8,10H2,1H3. The molecule has 3 heteroatoms. The van der Waals surface area contributed by atoms with Crippen LogP contribution >= 0.6 is 0 Å². The van der Waals surface area contributed by atoms with Crippen molar-refractivity contribution >= 4 is 0 Å². The third-order valence-electron chi connectivity index (χ3n) is 3.11. The van der Waals surface area contributed by atoms with Gasteiger partial charge in [-0.3, -0.25) is 0 Å². The molecule has 1 atom stereocenters. The summed E-state index contributed by atoms with van der Waals surface area (Å²) in [5.74, 6) is 1.00. The Morgan fingerprint density at radius 1 is 1.44 bits per heavy atom. The van der Waals surface area contributed by atoms with Crippen LogP contribution < -0.4 is 5.32 Å². The van der Waals surface area contributed by atoms with E-state index in [1.807, 2.05) is 12.3 Å². The molecule has 2 rings (SSSR count). The first-order valence-corrected chi connectivity index (χ1v) is 6.42. The average Bonchev–Trinajstić information content (AvgIpc) is 2.31. The summed E-state index contributed by atoms with van der Waals surface area (Å²) in [5, 5.41) is 3.54. The van der Waals surface area contributed by atoms with Gasteiger partial charge in [-0.1, -0.05) is 19.8 Å². The van der Waals surface area contributed by atoms with Crippen molar-refractivity contribution in [2.75, 3.05) is 6.54 Å². The predicted octanol–water partition coefficient (Wildman–Crippen LogP) is 2.11. The van der Waals surface area contributed by atoms with Crippen LogP contribution in [0, 0.1) is 0 Å². The van der Waals surface area contributed by atoms with Crippen molar-refractivity contribution in [2.45, 2.75) is 51.5 Å². The van der Waals surface area contributed by atoms with Crippen LogP contribution in [0.4, 0.5) is 0 Å². The van der Waals surface area contributed by atoms with Gasteiger partial charge in [0.2, 0.25) is 0 Å². The molecular weight excluding hydrogens is 198 g/mol. The molecule has 0 radical (unpaired) electrons. The summed E-state index contributed by atoms with van der Waals surface area (Å²) < 4.78 is 0. The highest BCUT2D eigenvalue weighted by Gasteiger charge is 2.14. The van der Waals surface area contributed by atoms with E-state index in [4.69, 9.17) is 0 Å². The van der Waals surface area contributed by atoms with Crippen LogP contribution in [0.15, 0.2) is 12.3 Å². The minimum Gasteiger partial charge on any atom is -0.314 e. The van der Waals surface area contributed by atoms with E-state index in [0.717, 1.165) is 31.6 Å². The van der Waals surface area contributed by atoms with Gasteiger partial charge in [0.1, 0.15) is 5.82 Å². The maximum Gasteiger partial charge on any atom is 0.130 e. The number of nitrogens with zero attached hydrogens (tertiary/aromatic N) is 2. The van der Waals surface area contributed by atoms with Gasteiger partial charge in [0.25, 0.3) is 0 Å². The number of rotatable bonds is 4. The van der Waals surface area contributed by atoms with E-state index < -0.39 is 0 Å². The van der Waals surface area contributed by atoms with Crippen LogP contribution in [0.25, 0.3) is 0 Å². The van der Waals surface area contributed by atoms with Crippen LogP contribution in [-0.4, -0.2) is 22.6 Å². The van der Waals surface area contributed by atoms with E-state index in [9.17, 15) is 0 Å². The first kappa shape index (κ1) is 11.5. The van der Waals surface area contributed by atoms with E-state index in [-0.39, 0.29) is 0 Å². The van der Waals surface area contributed by atoms with Gasteiger partial charge in [0.15, 0.2) is 0 Å². The fourth-order valence-electron chi connectivity index (χ4n) is 2.25. The number of aryl methyl sites for hydroxylation is 1. The fourth-order valence-corrected chi connectivity index (χ4v) is 2.25. The minimum atomic E-state index is 0.589. The van der Waals surface area contributed by atoms with Crippen molar-refractivity contribution in [1.29, 1.82) is 0 Å². The second kappa shape index (κ2) is 5.94. The zero-order valence-corrected chi connectivity index (χ0v) is 10.1. The molecule has 88 valence electrons. The molecule has 0 saturated carbocycles. The van der Waals surface area contributed by atoms with E-state index in [2.05, 4.69) is 22.2 Å². The van der Waals surface area contributed by atoms with E-state index in [1.165, 1.54) is 25.0 Å². The van der Waals surface area contributed by atoms with Gasteiger partial charge in [0.05, 0.1) is 0 Å². The Morgan fingerprint density at radius 3 is 3.12 bits per heavy atom. The van der Waals surface area contributed by atoms with Gasteiger partial charge in [-0.25, -0.2) is 9.97 Å². The van der Waals surface area contributed by atoms with E-state index in [0.29, 0.717) is 6.04 Å². The summed E-state index contributed by atoms with van der Waals surface area (Å²) >= 11 is 0. The molecule has 1 fully saturated rings. The maximum absolute atomic E-state index is 4.61. The lowest BCUT2D eigenvalue weighted by Gasteiger charge is -2.22. The number of hydrogen-bond acceptors (Lipinski definition) is 3. The molecule has 1 N–H and O–H groups in total. The van der Waals surface area contributed by atoms with Crippen molar-refractivity contribution in [3.05, 3.63) is 23.8 Å². The molecule has 1 unspecified atom stereocenters. The summed E-state index contributed by atoms with van der Waals surface area (Å²) in [7, 11) is 0. The molecular formula is C13H21N3. The molecule has 0 aliphatic carbocycles. The van der Waals surface area contributed by atoms with Crippen molar-refractivity contribution in [3.63, 3.8) is 0 Å². The minimum absolute atomic E-state index is 0.589. The molecule has 1 aromatic rings. The Balaban J connectivity index is 1.94. The average molecular weight is 219 g/mol. The third-order valence-corrected chi connectivity index (χ3v) is 3.11. The molecule has 1 aromatic heterocycles. The van der Waals surface area contributed by atoms with Crippen LogP contribution in [-0.2, 0) is 12.8 Å². The molecule has 0 amide bonds. The summed E-state index contributed by atoms with van der Waals surface area (Å²) in [6, 6.07) is 2.62. The highest BCUT2D eigenvalue weighted by Crippen LogP contribution is 2.10. The van der Waals surface area contributed by atoms with Gasteiger partial charge < -0.3 is 5.32 Å². The highest BCUT2D eigenvalue weighted by molar-refractivity contribution is 5.03. The molecule has 0 aromatic carbocycles. The Labute approximate surface area is 97.7 Å². The zero-order chi connectivity index (χ0) is 11.2. The van der Waals surface area contributed by atoms with E-state index in [1.54, 1.807) is 0 Å². The second-order valence-corrected chi connectivity index (χ2v) is 4.57. The number of piperidine rings is 1. The highest BCUT2D eigenvalue weighted by atomic mass is 14.9. The molecule has 1 saturated heterocycles. The van der Waals surface area contributed by atoms with Gasteiger partial charge >= 0.3 is 0 Å². The molecule has 2 heterocycles. The van der Waals surface area contributed by atoms with Crippen molar-refractivity contribution in [3.8, 4) is 0 Å². The Kier molecular flexibility index (Phi) is 4.28. The van der Waals surface area contributed by atoms with Crippen LogP contribution in [0.2, 0.25) is 0 Å². The molecule has 0 bridgehead atoms. The lowest BCUT2D eigenvalue weighted by atomic mass is 10.0. The van der Waals surface area contributed by atoms with Crippen molar-refractivity contribution in [2.24, 2.45) is 0 Å². The summed E-state index contributed by atoms with van der Waals surface area (Å²) in [6.45, 7) is 3.34. The smallest absolute Gasteiger partial charge is 0.130 e. The van der Waals surface area contributed by atoms with Gasteiger partial charge in [-0.15, -0.1) is 0 Å². The lowest BCUT2D eigenvalue weighted by Crippen LogP contribution is -2.36. The Morgan fingerprint density at radius 2 is 2.38 bits per heavy atom. The van der Waals surface area contributed by atoms with Crippen molar-refractivity contribution in [1.82, 2.24) is 15.3 Å². The third kappa shape index (κ3) is 3.27. The maximum atomic E-state index is 4.61. The normalized spacial score (nSPS) is 20.9. The number of hydrogen-bond donors (Lipinski definition) is 1. The molecule has 3 nitrogen and oxygen atoms in total. The second-order valence-electron chi connectivity index (χ2n) is 4.57. The quantitative estimate of drug-likeness (QED) is 0.843. The summed E-state index contributed by atoms with van der Waals surface area (Å²) in [5.41, 5.74) is 1.18. The Bertz CT molecular complexity index is 319. The SMILES string of the molecule is CCCc1ccnc(CC2CCCCN2)n1. The Hall–Kier alpha value is -0.960. The molecule has 16 heavy (non-hydrogen) atoms. The largest absolute Gasteiger partial charge is 0.314 e. The van der Waals surface area contributed by atoms with Gasteiger partial charge in [0, 0.05) is 24.4 Å². The summed E-state index contributed by atoms with van der Waals surface area (Å²) in [6.07, 6.45) is 9.01. The lowest BCUT2D eigenvalue weighted by molar-refractivity contribution is 0.394. The van der Waals surface area contributed by atoms with E-state index >= 15 is 0 Å².